The van der Waals surface area contributed by atoms with Crippen LogP contribution in [0.5, 0.6) is 0 Å². The van der Waals surface area contributed by atoms with Crippen molar-refractivity contribution in [3.8, 4) is 0 Å². The summed E-state index contributed by atoms with van der Waals surface area (Å²) in [5, 5.41) is 6.85. The van der Waals surface area contributed by atoms with E-state index >= 15 is 0 Å². The normalized spacial score (nSPS) is 17.6. The number of aromatic nitrogens is 1. The van der Waals surface area contributed by atoms with Crippen LogP contribution in [0.25, 0.3) is 0 Å². The van der Waals surface area contributed by atoms with Crippen molar-refractivity contribution in [3.05, 3.63) is 58.9 Å². The molecule has 0 saturated carbocycles. The molecular weight excluding hydrogens is 286 g/mol. The van der Waals surface area contributed by atoms with E-state index in [1.165, 1.54) is 0 Å². The lowest BCUT2D eigenvalue weighted by molar-refractivity contribution is -0.119. The maximum Gasteiger partial charge on any atom is 0.220 e. The molecule has 0 radical (unpaired) electrons. The Bertz CT molecular complexity index is 659. The first-order valence-corrected chi connectivity index (χ1v) is 7.32. The van der Waals surface area contributed by atoms with Gasteiger partial charge in [-0.2, -0.15) is 0 Å². The Kier molecular flexibility index (Phi) is 4.06. The predicted octanol–water partition coefficient (Wildman–Crippen LogP) is 3.30. The zero-order valence-electron chi connectivity index (χ0n) is 11.5. The topological polar surface area (TPSA) is 54.0 Å². The van der Waals surface area contributed by atoms with E-state index in [4.69, 9.17) is 11.6 Å². The van der Waals surface area contributed by atoms with Crippen LogP contribution in [-0.2, 0) is 11.3 Å². The van der Waals surface area contributed by atoms with Crippen LogP contribution in [0.3, 0.4) is 0 Å². The lowest BCUT2D eigenvalue weighted by Gasteiger charge is -2.13. The second-order valence-electron chi connectivity index (χ2n) is 5.12. The van der Waals surface area contributed by atoms with Gasteiger partial charge in [0, 0.05) is 24.8 Å². The minimum absolute atomic E-state index is 0.129. The number of hydrogen-bond acceptors (Lipinski definition) is 3. The van der Waals surface area contributed by atoms with Gasteiger partial charge in [0.15, 0.2) is 0 Å². The third-order valence-corrected chi connectivity index (χ3v) is 3.78. The molecule has 2 aromatic rings. The lowest BCUT2D eigenvalue weighted by atomic mass is 10.0. The predicted molar refractivity (Wildman–Crippen MR) is 83.1 cm³/mol. The highest BCUT2D eigenvalue weighted by Gasteiger charge is 2.22. The van der Waals surface area contributed by atoms with E-state index in [0.29, 0.717) is 18.1 Å². The van der Waals surface area contributed by atoms with Crippen molar-refractivity contribution in [3.63, 3.8) is 0 Å². The minimum atomic E-state index is 0.129. The van der Waals surface area contributed by atoms with Gasteiger partial charge in [0.25, 0.3) is 0 Å². The number of carbonyl (C=O) groups is 1. The number of halogens is 1. The molecule has 1 unspecified atom stereocenters. The Labute approximate surface area is 128 Å². The average Bonchev–Trinajstić information content (AvgIpc) is 2.92. The molecule has 21 heavy (non-hydrogen) atoms. The average molecular weight is 302 g/mol. The number of rotatable bonds is 4. The molecule has 4 nitrogen and oxygen atoms in total. The fourth-order valence-electron chi connectivity index (χ4n) is 2.49. The number of carbonyl (C=O) groups excluding carboxylic acids is 1. The van der Waals surface area contributed by atoms with Crippen LogP contribution in [-0.4, -0.2) is 10.9 Å². The second-order valence-corrected chi connectivity index (χ2v) is 5.51. The highest BCUT2D eigenvalue weighted by molar-refractivity contribution is 6.29. The van der Waals surface area contributed by atoms with Gasteiger partial charge in [0.1, 0.15) is 5.15 Å². The van der Waals surface area contributed by atoms with Gasteiger partial charge in [-0.05, 0) is 41.8 Å². The van der Waals surface area contributed by atoms with Crippen LogP contribution in [0, 0.1) is 0 Å². The van der Waals surface area contributed by atoms with Gasteiger partial charge in [-0.25, -0.2) is 4.98 Å². The molecular formula is C16H16ClN3O. The molecule has 1 atom stereocenters. The van der Waals surface area contributed by atoms with Crippen LogP contribution in [0.2, 0.25) is 5.15 Å². The maximum absolute atomic E-state index is 11.3. The van der Waals surface area contributed by atoms with Crippen molar-refractivity contribution >= 4 is 23.2 Å². The summed E-state index contributed by atoms with van der Waals surface area (Å²) in [5.74, 6) is 0.129. The van der Waals surface area contributed by atoms with Crippen LogP contribution in [0.1, 0.15) is 30.0 Å². The van der Waals surface area contributed by atoms with Gasteiger partial charge in [0.05, 0.1) is 6.04 Å². The fourth-order valence-corrected chi connectivity index (χ4v) is 2.68. The Balaban J connectivity index is 1.67. The minimum Gasteiger partial charge on any atom is -0.381 e. The number of benzene rings is 1. The van der Waals surface area contributed by atoms with Crippen LogP contribution in [0.15, 0.2) is 42.6 Å². The summed E-state index contributed by atoms with van der Waals surface area (Å²) in [4.78, 5) is 15.3. The largest absolute Gasteiger partial charge is 0.381 e. The molecule has 1 aliphatic heterocycles. The van der Waals surface area contributed by atoms with E-state index in [-0.39, 0.29) is 11.9 Å². The summed E-state index contributed by atoms with van der Waals surface area (Å²) < 4.78 is 0. The molecule has 2 N–H and O–H groups in total. The summed E-state index contributed by atoms with van der Waals surface area (Å²) in [6, 6.07) is 12.1. The molecule has 108 valence electrons. The summed E-state index contributed by atoms with van der Waals surface area (Å²) in [6.07, 6.45) is 3.17. The first-order chi connectivity index (χ1) is 10.2. The van der Waals surface area contributed by atoms with Crippen molar-refractivity contribution in [2.45, 2.75) is 25.4 Å². The smallest absolute Gasteiger partial charge is 0.220 e. The molecule has 1 aromatic heterocycles. The van der Waals surface area contributed by atoms with Crippen molar-refractivity contribution in [2.24, 2.45) is 0 Å². The van der Waals surface area contributed by atoms with Crippen molar-refractivity contribution in [1.29, 1.82) is 0 Å². The molecule has 0 aliphatic carbocycles. The molecule has 1 fully saturated rings. The van der Waals surface area contributed by atoms with Crippen LogP contribution in [0.4, 0.5) is 5.69 Å². The number of hydrogen-bond donors (Lipinski definition) is 2. The maximum atomic E-state index is 11.3. The van der Waals surface area contributed by atoms with Crippen molar-refractivity contribution in [1.82, 2.24) is 10.3 Å². The number of amides is 1. The van der Waals surface area contributed by atoms with E-state index < -0.39 is 0 Å². The number of pyridine rings is 1. The Hall–Kier alpha value is -2.07. The molecule has 1 amide bonds. The molecule has 0 spiro atoms. The third-order valence-electron chi connectivity index (χ3n) is 3.57. The molecule has 2 heterocycles. The highest BCUT2D eigenvalue weighted by atomic mass is 35.5. The van der Waals surface area contributed by atoms with Gasteiger partial charge in [0.2, 0.25) is 5.91 Å². The van der Waals surface area contributed by atoms with E-state index in [1.807, 2.05) is 30.3 Å². The monoisotopic (exact) mass is 301 g/mol. The van der Waals surface area contributed by atoms with Crippen molar-refractivity contribution < 1.29 is 4.79 Å². The number of nitrogens with zero attached hydrogens (tertiary/aromatic N) is 1. The molecule has 1 aromatic carbocycles. The van der Waals surface area contributed by atoms with E-state index in [9.17, 15) is 4.79 Å². The van der Waals surface area contributed by atoms with Gasteiger partial charge < -0.3 is 10.6 Å². The third kappa shape index (κ3) is 3.52. The molecule has 1 aliphatic rings. The zero-order chi connectivity index (χ0) is 14.7. The van der Waals surface area contributed by atoms with Crippen molar-refractivity contribution in [2.75, 3.05) is 5.32 Å². The standard InChI is InChI=1S/C16H16ClN3O/c17-15-8-11(6-7-18-15)10-19-13-3-1-2-12(9-13)14-4-5-16(21)20-14/h1-3,6-9,14,19H,4-5,10H2,(H,20,21). The summed E-state index contributed by atoms with van der Waals surface area (Å²) in [7, 11) is 0. The number of nitrogens with one attached hydrogen (secondary N) is 2. The molecule has 5 heteroatoms. The molecule has 0 bridgehead atoms. The van der Waals surface area contributed by atoms with E-state index in [1.54, 1.807) is 6.20 Å². The second kappa shape index (κ2) is 6.14. The van der Waals surface area contributed by atoms with Gasteiger partial charge in [-0.15, -0.1) is 0 Å². The number of anilines is 1. The fraction of sp³-hybridized carbons (Fsp3) is 0.250. The van der Waals surface area contributed by atoms with Gasteiger partial charge in [-0.1, -0.05) is 23.7 Å². The summed E-state index contributed by atoms with van der Waals surface area (Å²) in [5.41, 5.74) is 3.25. The lowest BCUT2D eigenvalue weighted by Crippen LogP contribution is -2.18. The molecule has 1 saturated heterocycles. The summed E-state index contributed by atoms with van der Waals surface area (Å²) in [6.45, 7) is 0.683. The van der Waals surface area contributed by atoms with Crippen LogP contribution < -0.4 is 10.6 Å². The first-order valence-electron chi connectivity index (χ1n) is 6.94. The molecule has 3 rings (SSSR count). The van der Waals surface area contributed by atoms with Gasteiger partial charge in [-0.3, -0.25) is 4.79 Å². The first kappa shape index (κ1) is 13.9. The van der Waals surface area contributed by atoms with Gasteiger partial charge >= 0.3 is 0 Å². The Morgan fingerprint density at radius 1 is 1.33 bits per heavy atom. The van der Waals surface area contributed by atoms with E-state index in [0.717, 1.165) is 23.2 Å². The van der Waals surface area contributed by atoms with Crippen LogP contribution >= 0.6 is 11.6 Å². The van der Waals surface area contributed by atoms with E-state index in [2.05, 4.69) is 21.7 Å². The summed E-state index contributed by atoms with van der Waals surface area (Å²) >= 11 is 5.87. The SMILES string of the molecule is O=C1CCC(c2cccc(NCc3ccnc(Cl)c3)c2)N1. The highest BCUT2D eigenvalue weighted by Crippen LogP contribution is 2.25. The quantitative estimate of drug-likeness (QED) is 0.852. The Morgan fingerprint density at radius 3 is 3.00 bits per heavy atom. The Morgan fingerprint density at radius 2 is 2.24 bits per heavy atom. The zero-order valence-corrected chi connectivity index (χ0v) is 12.2.